The molecule has 25 heavy (non-hydrogen) atoms. The van der Waals surface area contributed by atoms with Crippen molar-refractivity contribution in [1.82, 2.24) is 20.4 Å². The molecule has 3 saturated heterocycles. The number of piperidine rings is 2. The number of carbonyl (C=O) groups is 2. The maximum Gasteiger partial charge on any atom is 0.225 e. The van der Waals surface area contributed by atoms with Crippen LogP contribution in [0.1, 0.15) is 39.0 Å². The minimum absolute atomic E-state index is 0.0277. The van der Waals surface area contributed by atoms with E-state index < -0.39 is 5.60 Å². The topological polar surface area (TPSA) is 84.9 Å². The summed E-state index contributed by atoms with van der Waals surface area (Å²) in [6.45, 7) is 6.90. The number of nitrogens with zero attached hydrogens (tertiary/aromatic N) is 2. The molecule has 7 nitrogen and oxygen atoms in total. The largest absolute Gasteiger partial charge is 0.387 e. The number of hydrogen-bond acceptors (Lipinski definition) is 5. The molecule has 3 fully saturated rings. The van der Waals surface area contributed by atoms with Gasteiger partial charge in [0.05, 0.1) is 12.1 Å². The molecule has 3 rings (SSSR count). The lowest BCUT2D eigenvalue weighted by Gasteiger charge is -2.36. The van der Waals surface area contributed by atoms with Crippen LogP contribution in [0.2, 0.25) is 0 Å². The molecule has 0 aromatic heterocycles. The van der Waals surface area contributed by atoms with Crippen molar-refractivity contribution in [2.45, 2.75) is 50.7 Å². The molecule has 142 valence electrons. The monoisotopic (exact) mass is 352 g/mol. The Kier molecular flexibility index (Phi) is 5.96. The van der Waals surface area contributed by atoms with Gasteiger partial charge in [-0.05, 0) is 45.2 Å². The van der Waals surface area contributed by atoms with Crippen LogP contribution in [0, 0.1) is 5.92 Å². The molecule has 3 heterocycles. The van der Waals surface area contributed by atoms with Crippen molar-refractivity contribution in [3.05, 3.63) is 0 Å². The molecule has 0 aliphatic carbocycles. The van der Waals surface area contributed by atoms with Crippen molar-refractivity contribution in [1.29, 1.82) is 0 Å². The van der Waals surface area contributed by atoms with Crippen molar-refractivity contribution in [3.63, 3.8) is 0 Å². The van der Waals surface area contributed by atoms with E-state index in [0.717, 1.165) is 51.9 Å². The van der Waals surface area contributed by atoms with Crippen LogP contribution in [-0.2, 0) is 9.59 Å². The lowest BCUT2D eigenvalue weighted by atomic mass is 9.96. The predicted octanol–water partition coefficient (Wildman–Crippen LogP) is -0.450. The minimum Gasteiger partial charge on any atom is -0.387 e. The Bertz CT molecular complexity index is 487. The summed E-state index contributed by atoms with van der Waals surface area (Å²) in [5, 5.41) is 17.2. The van der Waals surface area contributed by atoms with Gasteiger partial charge in [0.1, 0.15) is 0 Å². The average Bonchev–Trinajstić information content (AvgIpc) is 2.98. The van der Waals surface area contributed by atoms with Gasteiger partial charge in [0.25, 0.3) is 0 Å². The summed E-state index contributed by atoms with van der Waals surface area (Å²) in [6, 6.07) is 0.255. The van der Waals surface area contributed by atoms with E-state index in [0.29, 0.717) is 26.1 Å². The number of nitrogens with one attached hydrogen (secondary N) is 2. The number of carbonyl (C=O) groups excluding carboxylic acids is 2. The van der Waals surface area contributed by atoms with Crippen molar-refractivity contribution >= 4 is 11.8 Å². The average molecular weight is 352 g/mol. The number of amides is 2. The van der Waals surface area contributed by atoms with Crippen LogP contribution in [-0.4, -0.2) is 84.2 Å². The Morgan fingerprint density at radius 2 is 1.84 bits per heavy atom. The molecule has 0 spiro atoms. The Hall–Kier alpha value is -1.18. The highest BCUT2D eigenvalue weighted by Crippen LogP contribution is 2.27. The second-order valence-corrected chi connectivity index (χ2v) is 8.01. The quantitative estimate of drug-likeness (QED) is 0.638. The fourth-order valence-electron chi connectivity index (χ4n) is 4.44. The molecule has 2 amide bonds. The van der Waals surface area contributed by atoms with Gasteiger partial charge in [-0.15, -0.1) is 0 Å². The number of rotatable bonds is 4. The second-order valence-electron chi connectivity index (χ2n) is 8.01. The van der Waals surface area contributed by atoms with E-state index in [4.69, 9.17) is 0 Å². The third kappa shape index (κ3) is 4.92. The Labute approximate surface area is 150 Å². The van der Waals surface area contributed by atoms with E-state index in [9.17, 15) is 14.7 Å². The molecule has 1 atom stereocenters. The second kappa shape index (κ2) is 8.01. The fourth-order valence-corrected chi connectivity index (χ4v) is 4.44. The lowest BCUT2D eigenvalue weighted by Crippen LogP contribution is -2.51. The molecule has 0 radical (unpaired) electrons. The van der Waals surface area contributed by atoms with Crippen molar-refractivity contribution < 1.29 is 14.7 Å². The summed E-state index contributed by atoms with van der Waals surface area (Å²) in [7, 11) is 0. The van der Waals surface area contributed by atoms with Gasteiger partial charge in [-0.3, -0.25) is 9.59 Å². The fraction of sp³-hybridized carbons (Fsp3) is 0.889. The van der Waals surface area contributed by atoms with Crippen molar-refractivity contribution in [3.8, 4) is 0 Å². The van der Waals surface area contributed by atoms with Gasteiger partial charge in [0.15, 0.2) is 0 Å². The van der Waals surface area contributed by atoms with Gasteiger partial charge in [-0.1, -0.05) is 0 Å². The third-order valence-electron chi connectivity index (χ3n) is 5.85. The van der Waals surface area contributed by atoms with Crippen LogP contribution >= 0.6 is 0 Å². The number of aliphatic hydroxyl groups is 1. The highest BCUT2D eigenvalue weighted by atomic mass is 16.3. The Morgan fingerprint density at radius 3 is 2.48 bits per heavy atom. The Balaban J connectivity index is 1.45. The van der Waals surface area contributed by atoms with Gasteiger partial charge >= 0.3 is 0 Å². The molecule has 0 aromatic rings. The highest BCUT2D eigenvalue weighted by Gasteiger charge is 2.41. The maximum atomic E-state index is 12.7. The van der Waals surface area contributed by atoms with Crippen LogP contribution in [0.25, 0.3) is 0 Å². The van der Waals surface area contributed by atoms with Crippen LogP contribution in [0.4, 0.5) is 0 Å². The minimum atomic E-state index is -0.788. The maximum absolute atomic E-state index is 12.7. The molecule has 0 aromatic carbocycles. The standard InChI is InChI=1S/C18H32N4O3/c1-14(23)20-16-4-9-21(10-5-16)12-18(25)6-11-22(13-18)17(24)15-2-7-19-8-3-15/h15-16,19,25H,2-13H2,1H3,(H,20,23)/t18-/m0/s1. The molecule has 0 unspecified atom stereocenters. The lowest BCUT2D eigenvalue weighted by molar-refractivity contribution is -0.136. The van der Waals surface area contributed by atoms with E-state index >= 15 is 0 Å². The first kappa shape index (κ1) is 18.6. The first-order chi connectivity index (χ1) is 12.0. The van der Waals surface area contributed by atoms with Gasteiger partial charge in [-0.2, -0.15) is 0 Å². The highest BCUT2D eigenvalue weighted by molar-refractivity contribution is 5.79. The third-order valence-corrected chi connectivity index (χ3v) is 5.85. The van der Waals surface area contributed by atoms with E-state index in [-0.39, 0.29) is 23.8 Å². The van der Waals surface area contributed by atoms with Gasteiger partial charge in [0, 0.05) is 45.1 Å². The summed E-state index contributed by atoms with van der Waals surface area (Å²) in [4.78, 5) is 28.0. The smallest absolute Gasteiger partial charge is 0.225 e. The number of hydrogen-bond donors (Lipinski definition) is 3. The Morgan fingerprint density at radius 1 is 1.16 bits per heavy atom. The molecular weight excluding hydrogens is 320 g/mol. The normalized spacial score (nSPS) is 29.8. The van der Waals surface area contributed by atoms with E-state index in [2.05, 4.69) is 15.5 Å². The zero-order valence-corrected chi connectivity index (χ0v) is 15.3. The summed E-state index contributed by atoms with van der Waals surface area (Å²) in [5.41, 5.74) is -0.788. The SMILES string of the molecule is CC(=O)NC1CCN(C[C@@]2(O)CCN(C(=O)C3CCNCC3)C2)CC1. The zero-order chi connectivity index (χ0) is 17.9. The van der Waals surface area contributed by atoms with E-state index in [1.54, 1.807) is 6.92 Å². The van der Waals surface area contributed by atoms with Crippen LogP contribution in [0.15, 0.2) is 0 Å². The van der Waals surface area contributed by atoms with Crippen LogP contribution < -0.4 is 10.6 Å². The zero-order valence-electron chi connectivity index (χ0n) is 15.3. The summed E-state index contributed by atoms with van der Waals surface area (Å²) in [5.74, 6) is 0.374. The van der Waals surface area contributed by atoms with E-state index in [1.807, 2.05) is 4.90 Å². The molecule has 3 N–H and O–H groups in total. The number of likely N-dealkylation sites (tertiary alicyclic amines) is 2. The number of β-amino-alcohol motifs (C(OH)–C–C–N with tert-alkyl or cyclic N) is 1. The predicted molar refractivity (Wildman–Crippen MR) is 95.0 cm³/mol. The summed E-state index contributed by atoms with van der Waals surface area (Å²) >= 11 is 0. The molecule has 7 heteroatoms. The molecule has 0 bridgehead atoms. The van der Waals surface area contributed by atoms with Crippen molar-refractivity contribution in [2.24, 2.45) is 5.92 Å². The first-order valence-electron chi connectivity index (χ1n) is 9.66. The molecular formula is C18H32N4O3. The molecule has 3 aliphatic heterocycles. The van der Waals surface area contributed by atoms with Gasteiger partial charge < -0.3 is 25.5 Å². The van der Waals surface area contributed by atoms with Crippen LogP contribution in [0.5, 0.6) is 0 Å². The first-order valence-corrected chi connectivity index (χ1v) is 9.66. The van der Waals surface area contributed by atoms with Gasteiger partial charge in [0.2, 0.25) is 11.8 Å². The van der Waals surface area contributed by atoms with Gasteiger partial charge in [-0.25, -0.2) is 0 Å². The summed E-state index contributed by atoms with van der Waals surface area (Å²) in [6.07, 6.45) is 4.32. The molecule has 3 aliphatic rings. The van der Waals surface area contributed by atoms with Crippen molar-refractivity contribution in [2.75, 3.05) is 45.8 Å². The van der Waals surface area contributed by atoms with Crippen LogP contribution in [0.3, 0.4) is 0 Å². The summed E-state index contributed by atoms with van der Waals surface area (Å²) < 4.78 is 0. The van der Waals surface area contributed by atoms with E-state index in [1.165, 1.54) is 0 Å². The molecule has 0 saturated carbocycles.